The van der Waals surface area contributed by atoms with E-state index < -0.39 is 29.6 Å². The molecule has 0 saturated heterocycles. The zero-order valence-electron chi connectivity index (χ0n) is 15.2. The topological polar surface area (TPSA) is 106 Å². The Bertz CT molecular complexity index is 965. The molecule has 8 nitrogen and oxygen atoms in total. The van der Waals surface area contributed by atoms with E-state index in [1.54, 1.807) is 43.6 Å². The number of carbonyl (C=O) groups excluding carboxylic acids is 1. The first-order chi connectivity index (χ1) is 13.9. The molecule has 2 aromatic heterocycles. The van der Waals surface area contributed by atoms with Crippen LogP contribution in [0.2, 0.25) is 0 Å². The first-order valence-corrected chi connectivity index (χ1v) is 9.39. The molecule has 1 aromatic carbocycles. The SMILES string of the molecule is Cn1nnnc1-c1ccc(-c2ccc(C(O)C(CF)NC(=O)C(Cl)Cl)cc2)cn1. The smallest absolute Gasteiger partial charge is 0.253 e. The Labute approximate surface area is 175 Å². The van der Waals surface area contributed by atoms with Crippen molar-refractivity contribution in [3.63, 3.8) is 0 Å². The number of nitrogens with one attached hydrogen (secondary N) is 1. The summed E-state index contributed by atoms with van der Waals surface area (Å²) in [5, 5.41) is 23.9. The number of pyridine rings is 1. The molecule has 0 saturated carbocycles. The lowest BCUT2D eigenvalue weighted by Gasteiger charge is -2.22. The third-order valence-corrected chi connectivity index (χ3v) is 4.67. The highest BCUT2D eigenvalue weighted by molar-refractivity contribution is 6.53. The Balaban J connectivity index is 1.74. The third kappa shape index (κ3) is 4.87. The molecule has 11 heteroatoms. The normalized spacial score (nSPS) is 13.3. The van der Waals surface area contributed by atoms with Crippen LogP contribution in [0.3, 0.4) is 0 Å². The van der Waals surface area contributed by atoms with Crippen LogP contribution in [-0.4, -0.2) is 53.8 Å². The zero-order chi connectivity index (χ0) is 21.0. The number of rotatable bonds is 7. The van der Waals surface area contributed by atoms with Gasteiger partial charge in [0.1, 0.15) is 18.5 Å². The third-order valence-electron chi connectivity index (χ3n) is 4.27. The lowest BCUT2D eigenvalue weighted by Crippen LogP contribution is -2.43. The molecular weight excluding hydrogens is 422 g/mol. The minimum atomic E-state index is -1.34. The number of amides is 1. The van der Waals surface area contributed by atoms with Gasteiger partial charge in [0.15, 0.2) is 10.7 Å². The van der Waals surface area contributed by atoms with Crippen LogP contribution >= 0.6 is 23.2 Å². The van der Waals surface area contributed by atoms with Gasteiger partial charge in [-0.1, -0.05) is 53.5 Å². The number of alkyl halides is 3. The van der Waals surface area contributed by atoms with Crippen LogP contribution in [0.1, 0.15) is 11.7 Å². The molecule has 29 heavy (non-hydrogen) atoms. The molecule has 0 aliphatic carbocycles. The van der Waals surface area contributed by atoms with Crippen molar-refractivity contribution in [1.29, 1.82) is 0 Å². The highest BCUT2D eigenvalue weighted by Crippen LogP contribution is 2.25. The van der Waals surface area contributed by atoms with Crippen molar-refractivity contribution in [2.24, 2.45) is 7.05 Å². The first kappa shape index (κ1) is 21.1. The van der Waals surface area contributed by atoms with Gasteiger partial charge in [-0.05, 0) is 27.6 Å². The summed E-state index contributed by atoms with van der Waals surface area (Å²) < 4.78 is 14.8. The lowest BCUT2D eigenvalue weighted by molar-refractivity contribution is -0.121. The quantitative estimate of drug-likeness (QED) is 0.547. The molecule has 1 amide bonds. The Morgan fingerprint density at radius 2 is 1.90 bits per heavy atom. The summed E-state index contributed by atoms with van der Waals surface area (Å²) in [5.41, 5.74) is 2.75. The van der Waals surface area contributed by atoms with Crippen molar-refractivity contribution < 1.29 is 14.3 Å². The van der Waals surface area contributed by atoms with Gasteiger partial charge in [-0.3, -0.25) is 9.78 Å². The van der Waals surface area contributed by atoms with Crippen molar-refractivity contribution in [3.05, 3.63) is 48.2 Å². The number of benzene rings is 1. The first-order valence-electron chi connectivity index (χ1n) is 8.52. The fraction of sp³-hybridized carbons (Fsp3) is 0.278. The van der Waals surface area contributed by atoms with Gasteiger partial charge in [-0.25, -0.2) is 9.07 Å². The largest absolute Gasteiger partial charge is 0.386 e. The number of aliphatic hydroxyl groups is 1. The van der Waals surface area contributed by atoms with E-state index >= 15 is 0 Å². The van der Waals surface area contributed by atoms with E-state index in [4.69, 9.17) is 23.2 Å². The van der Waals surface area contributed by atoms with E-state index in [-0.39, 0.29) is 0 Å². The number of carbonyl (C=O) groups is 1. The Morgan fingerprint density at radius 1 is 1.21 bits per heavy atom. The highest BCUT2D eigenvalue weighted by Gasteiger charge is 2.25. The van der Waals surface area contributed by atoms with E-state index in [1.165, 1.54) is 4.68 Å². The minimum absolute atomic E-state index is 0.437. The van der Waals surface area contributed by atoms with Gasteiger partial charge in [-0.2, -0.15) is 0 Å². The standard InChI is InChI=1S/C18H17Cl2FN6O2/c1-27-17(24-25-26-27)13-7-6-12(9-22-13)10-2-4-11(5-3-10)15(28)14(8-21)23-18(29)16(19)20/h2-7,9,14-16,28H,8H2,1H3,(H,23,29). The Kier molecular flexibility index (Phi) is 6.73. The molecule has 3 aromatic rings. The molecule has 0 aliphatic heterocycles. The second-order valence-corrected chi connectivity index (χ2v) is 7.29. The molecular formula is C18H17Cl2FN6O2. The summed E-state index contributed by atoms with van der Waals surface area (Å²) in [6.07, 6.45) is 0.426. The number of nitrogens with zero attached hydrogens (tertiary/aromatic N) is 5. The molecule has 2 heterocycles. The second kappa shape index (κ2) is 9.25. The van der Waals surface area contributed by atoms with Crippen LogP contribution in [-0.2, 0) is 11.8 Å². The summed E-state index contributed by atoms with van der Waals surface area (Å²) in [7, 11) is 1.72. The maximum atomic E-state index is 13.3. The molecule has 2 N–H and O–H groups in total. The molecule has 0 aliphatic rings. The van der Waals surface area contributed by atoms with Gasteiger partial charge >= 0.3 is 0 Å². The van der Waals surface area contributed by atoms with E-state index in [0.717, 1.165) is 11.1 Å². The molecule has 0 fully saturated rings. The van der Waals surface area contributed by atoms with Crippen molar-refractivity contribution in [1.82, 2.24) is 30.5 Å². The number of hydrogen-bond acceptors (Lipinski definition) is 6. The van der Waals surface area contributed by atoms with Gasteiger partial charge < -0.3 is 10.4 Å². The highest BCUT2D eigenvalue weighted by atomic mass is 35.5. The van der Waals surface area contributed by atoms with Crippen LogP contribution in [0.4, 0.5) is 4.39 Å². The summed E-state index contributed by atoms with van der Waals surface area (Å²) in [6, 6.07) is 9.34. The van der Waals surface area contributed by atoms with Crippen molar-refractivity contribution >= 4 is 29.1 Å². The molecule has 0 radical (unpaired) electrons. The van der Waals surface area contributed by atoms with Gasteiger partial charge in [0.2, 0.25) is 0 Å². The summed E-state index contributed by atoms with van der Waals surface area (Å²) in [6.45, 7) is -0.975. The number of halogens is 3. The average molecular weight is 439 g/mol. The summed E-state index contributed by atoms with van der Waals surface area (Å²) in [4.78, 5) is 14.6. The van der Waals surface area contributed by atoms with Crippen LogP contribution in [0.15, 0.2) is 42.6 Å². The van der Waals surface area contributed by atoms with Crippen LogP contribution in [0.5, 0.6) is 0 Å². The molecule has 152 valence electrons. The molecule has 2 unspecified atom stereocenters. The lowest BCUT2D eigenvalue weighted by atomic mass is 9.99. The minimum Gasteiger partial charge on any atom is -0.386 e. The predicted octanol–water partition coefficient (Wildman–Crippen LogP) is 2.23. The van der Waals surface area contributed by atoms with Gasteiger partial charge in [0.05, 0.1) is 6.04 Å². The Hall–Kier alpha value is -2.62. The number of aliphatic hydroxyl groups excluding tert-OH is 1. The van der Waals surface area contributed by atoms with Crippen LogP contribution in [0.25, 0.3) is 22.6 Å². The second-order valence-electron chi connectivity index (χ2n) is 6.20. The number of tetrazole rings is 1. The fourth-order valence-corrected chi connectivity index (χ4v) is 2.82. The molecule has 0 spiro atoms. The van der Waals surface area contributed by atoms with Gasteiger partial charge in [-0.15, -0.1) is 5.10 Å². The predicted molar refractivity (Wildman–Crippen MR) is 106 cm³/mol. The van der Waals surface area contributed by atoms with E-state index in [0.29, 0.717) is 17.1 Å². The molecule has 0 bridgehead atoms. The van der Waals surface area contributed by atoms with E-state index in [2.05, 4.69) is 25.8 Å². The number of hydrogen-bond donors (Lipinski definition) is 2. The fourth-order valence-electron chi connectivity index (χ4n) is 2.70. The zero-order valence-corrected chi connectivity index (χ0v) is 16.7. The average Bonchev–Trinajstić information content (AvgIpc) is 3.17. The van der Waals surface area contributed by atoms with Crippen LogP contribution < -0.4 is 5.32 Å². The molecule has 3 rings (SSSR count). The van der Waals surface area contributed by atoms with Gasteiger partial charge in [0, 0.05) is 18.8 Å². The Morgan fingerprint density at radius 3 is 2.41 bits per heavy atom. The van der Waals surface area contributed by atoms with Crippen molar-refractivity contribution in [2.45, 2.75) is 17.0 Å². The van der Waals surface area contributed by atoms with Crippen LogP contribution in [0, 0.1) is 0 Å². The number of aromatic nitrogens is 5. The number of aryl methyl sites for hydroxylation is 1. The van der Waals surface area contributed by atoms with Crippen molar-refractivity contribution in [2.75, 3.05) is 6.67 Å². The maximum absolute atomic E-state index is 13.3. The monoisotopic (exact) mass is 438 g/mol. The summed E-state index contributed by atoms with van der Waals surface area (Å²) >= 11 is 10.9. The molecule has 2 atom stereocenters. The van der Waals surface area contributed by atoms with Gasteiger partial charge in [0.25, 0.3) is 5.91 Å². The van der Waals surface area contributed by atoms with Crippen molar-refractivity contribution in [3.8, 4) is 22.6 Å². The maximum Gasteiger partial charge on any atom is 0.253 e. The van der Waals surface area contributed by atoms with E-state index in [1.807, 2.05) is 6.07 Å². The summed E-state index contributed by atoms with van der Waals surface area (Å²) in [5.74, 6) is -0.221. The van der Waals surface area contributed by atoms with E-state index in [9.17, 15) is 14.3 Å².